The third kappa shape index (κ3) is 22.9. The highest BCUT2D eigenvalue weighted by atomic mass is 16.5. The Labute approximate surface area is 299 Å². The fourth-order valence-electron chi connectivity index (χ4n) is 7.04. The molecule has 4 heteroatoms. The normalized spacial score (nSPS) is 22.4. The fraction of sp³-hybridized carbons (Fsp3) is 0.773. The van der Waals surface area contributed by atoms with Gasteiger partial charge in [-0.05, 0) is 90.9 Å². The van der Waals surface area contributed by atoms with Gasteiger partial charge in [-0.3, -0.25) is 0 Å². The minimum Gasteiger partial charge on any atom is -0.462 e. The molecule has 0 aliphatic heterocycles. The van der Waals surface area contributed by atoms with Gasteiger partial charge in [0.2, 0.25) is 0 Å². The lowest BCUT2D eigenvalue weighted by atomic mass is 9.78. The number of ether oxygens (including phenoxy) is 2. The molecule has 3 rings (SSSR count). The molecule has 3 aliphatic carbocycles. The van der Waals surface area contributed by atoms with E-state index in [1.54, 1.807) is 13.8 Å². The summed E-state index contributed by atoms with van der Waals surface area (Å²) in [5, 5.41) is 0. The van der Waals surface area contributed by atoms with Gasteiger partial charge in [0.05, 0.1) is 0 Å². The van der Waals surface area contributed by atoms with Gasteiger partial charge < -0.3 is 9.47 Å². The Balaban J connectivity index is 0.000000400. The zero-order valence-electron chi connectivity index (χ0n) is 31.9. The molecule has 0 amide bonds. The Morgan fingerprint density at radius 3 is 0.854 bits per heavy atom. The van der Waals surface area contributed by atoms with Gasteiger partial charge in [-0.2, -0.15) is 0 Å². The highest BCUT2D eigenvalue weighted by molar-refractivity contribution is 5.87. The van der Waals surface area contributed by atoms with Crippen LogP contribution in [0.4, 0.5) is 0 Å². The van der Waals surface area contributed by atoms with Crippen LogP contribution in [0.5, 0.6) is 0 Å². The quantitative estimate of drug-likeness (QED) is 0.209. The van der Waals surface area contributed by atoms with E-state index in [0.717, 1.165) is 25.7 Å². The first-order chi connectivity index (χ1) is 22.8. The number of carbonyl (C=O) groups excluding carboxylic acids is 2. The maximum Gasteiger partial charge on any atom is 0.333 e. The molecule has 0 saturated heterocycles. The number of hydrogen-bond donors (Lipinski definition) is 0. The molecule has 0 N–H and O–H groups in total. The Bertz CT molecular complexity index is 802. The molecule has 0 unspecified atom stereocenters. The van der Waals surface area contributed by atoms with Crippen LogP contribution >= 0.6 is 0 Å². The zero-order valence-corrected chi connectivity index (χ0v) is 31.9. The fourth-order valence-corrected chi connectivity index (χ4v) is 7.04. The van der Waals surface area contributed by atoms with E-state index in [9.17, 15) is 9.59 Å². The number of hydrogen-bond acceptors (Lipinski definition) is 4. The highest BCUT2D eigenvalue weighted by Crippen LogP contribution is 2.35. The standard InChI is InChI=1S/C20H32O4.2C12H22/c1-16(2)18(21)23-14-20(15-24-19(22)17(3)4)12-10-8-6-5-7-9-11-13-20;2*1-12(2)10-8-6-4-3-5-7-9-11-12/h1,3,5-15H2,2,4H3;2*1-11H2. The van der Waals surface area contributed by atoms with Crippen LogP contribution in [-0.2, 0) is 19.1 Å². The Hall–Kier alpha value is -1.58. The van der Waals surface area contributed by atoms with Crippen LogP contribution < -0.4 is 0 Å². The molecule has 4 radical (unpaired) electrons. The third-order valence-electron chi connectivity index (χ3n) is 10.5. The number of carbonyl (C=O) groups is 2. The van der Waals surface area contributed by atoms with Gasteiger partial charge in [-0.25, -0.2) is 9.59 Å². The molecular formula is C44H76O4. The minimum atomic E-state index is -0.377. The molecule has 0 aromatic carbocycles. The highest BCUT2D eigenvalue weighted by Gasteiger charge is 2.33. The summed E-state index contributed by atoms with van der Waals surface area (Å²) in [6.07, 6.45) is 34.5. The van der Waals surface area contributed by atoms with Crippen LogP contribution in [0.2, 0.25) is 0 Å². The Kier molecular flexibility index (Phi) is 23.5. The van der Waals surface area contributed by atoms with Crippen LogP contribution in [0.15, 0.2) is 24.3 Å². The van der Waals surface area contributed by atoms with E-state index in [-0.39, 0.29) is 41.4 Å². The van der Waals surface area contributed by atoms with Crippen LogP contribution in [0.3, 0.4) is 0 Å². The summed E-state index contributed by atoms with van der Waals surface area (Å²) in [6, 6.07) is 0. The van der Waals surface area contributed by atoms with Gasteiger partial charge in [0.15, 0.2) is 0 Å². The lowest BCUT2D eigenvalue weighted by Crippen LogP contribution is -2.35. The summed E-state index contributed by atoms with van der Waals surface area (Å²) < 4.78 is 10.9. The van der Waals surface area contributed by atoms with Crippen LogP contribution in [0.1, 0.15) is 187 Å². The largest absolute Gasteiger partial charge is 0.462 e. The minimum absolute atomic E-state index is 0.136. The Morgan fingerprint density at radius 1 is 0.417 bits per heavy atom. The van der Waals surface area contributed by atoms with Crippen molar-refractivity contribution in [2.24, 2.45) is 16.2 Å². The van der Waals surface area contributed by atoms with E-state index < -0.39 is 0 Å². The SMILES string of the molecule is C=C(C)C(=O)OCC1(COC(=O)C(=C)C)CCCCCCCCC1.[CH2]C1([CH2])CCCCCCCCC1.[CH2]C1([CH2])CCCCCCCCC1. The Morgan fingerprint density at radius 2 is 0.625 bits per heavy atom. The molecule has 3 saturated carbocycles. The molecule has 0 bridgehead atoms. The smallest absolute Gasteiger partial charge is 0.333 e. The maximum atomic E-state index is 11.8. The average molecular weight is 669 g/mol. The van der Waals surface area contributed by atoms with E-state index in [0.29, 0.717) is 11.1 Å². The van der Waals surface area contributed by atoms with Crippen molar-refractivity contribution in [1.29, 1.82) is 0 Å². The predicted molar refractivity (Wildman–Crippen MR) is 205 cm³/mol. The van der Waals surface area contributed by atoms with Crippen molar-refractivity contribution < 1.29 is 19.1 Å². The third-order valence-corrected chi connectivity index (χ3v) is 10.5. The molecular weight excluding hydrogens is 592 g/mol. The van der Waals surface area contributed by atoms with Crippen molar-refractivity contribution in [3.8, 4) is 0 Å². The van der Waals surface area contributed by atoms with Crippen molar-refractivity contribution in [2.45, 2.75) is 187 Å². The average Bonchev–Trinajstić information content (AvgIpc) is 3.04. The van der Waals surface area contributed by atoms with Gasteiger partial charge in [0, 0.05) is 16.6 Å². The molecule has 276 valence electrons. The van der Waals surface area contributed by atoms with Crippen LogP contribution in [0.25, 0.3) is 0 Å². The molecule has 4 nitrogen and oxygen atoms in total. The summed E-state index contributed by atoms with van der Waals surface area (Å²) >= 11 is 0. The van der Waals surface area contributed by atoms with Crippen molar-refractivity contribution in [3.05, 3.63) is 52.0 Å². The molecule has 0 atom stereocenters. The first kappa shape index (κ1) is 44.4. The van der Waals surface area contributed by atoms with Gasteiger partial charge in [0.25, 0.3) is 0 Å². The van der Waals surface area contributed by atoms with E-state index in [2.05, 4.69) is 40.9 Å². The molecule has 3 aliphatic rings. The molecule has 0 aromatic rings. The molecule has 0 heterocycles. The van der Waals surface area contributed by atoms with Crippen molar-refractivity contribution in [2.75, 3.05) is 13.2 Å². The lowest BCUT2D eigenvalue weighted by molar-refractivity contribution is -0.150. The van der Waals surface area contributed by atoms with E-state index >= 15 is 0 Å². The first-order valence-electron chi connectivity index (χ1n) is 19.8. The molecule has 0 aromatic heterocycles. The topological polar surface area (TPSA) is 52.6 Å². The summed E-state index contributed by atoms with van der Waals surface area (Å²) in [5.74, 6) is -0.754. The number of rotatable bonds is 6. The van der Waals surface area contributed by atoms with E-state index in [1.165, 1.54) is 148 Å². The van der Waals surface area contributed by atoms with Crippen LogP contribution in [-0.4, -0.2) is 25.2 Å². The van der Waals surface area contributed by atoms with Gasteiger partial charge in [-0.1, -0.05) is 148 Å². The second kappa shape index (κ2) is 25.4. The summed E-state index contributed by atoms with van der Waals surface area (Å²) in [6.45, 7) is 27.9. The van der Waals surface area contributed by atoms with Gasteiger partial charge in [-0.15, -0.1) is 0 Å². The van der Waals surface area contributed by atoms with Crippen molar-refractivity contribution in [1.82, 2.24) is 0 Å². The summed E-state index contributed by atoms with van der Waals surface area (Å²) in [4.78, 5) is 23.6. The second-order valence-electron chi connectivity index (χ2n) is 16.1. The number of esters is 2. The van der Waals surface area contributed by atoms with Crippen molar-refractivity contribution in [3.63, 3.8) is 0 Å². The maximum absolute atomic E-state index is 11.8. The van der Waals surface area contributed by atoms with Gasteiger partial charge in [0.1, 0.15) is 13.2 Å². The molecule has 0 spiro atoms. The summed E-state index contributed by atoms with van der Waals surface area (Å²) in [7, 11) is 0. The molecule has 48 heavy (non-hydrogen) atoms. The lowest BCUT2D eigenvalue weighted by Gasteiger charge is -2.33. The van der Waals surface area contributed by atoms with E-state index in [4.69, 9.17) is 9.47 Å². The molecule has 3 fully saturated rings. The predicted octanol–water partition coefficient (Wildman–Crippen LogP) is 13.1. The van der Waals surface area contributed by atoms with Gasteiger partial charge >= 0.3 is 11.9 Å². The van der Waals surface area contributed by atoms with Crippen molar-refractivity contribution >= 4 is 11.9 Å². The monoisotopic (exact) mass is 669 g/mol. The first-order valence-corrected chi connectivity index (χ1v) is 19.8. The van der Waals surface area contributed by atoms with Crippen LogP contribution in [0, 0.1) is 43.9 Å². The second-order valence-corrected chi connectivity index (χ2v) is 16.1. The summed E-state index contributed by atoms with van der Waals surface area (Å²) in [5.41, 5.74) is 0.760. The van der Waals surface area contributed by atoms with E-state index in [1.807, 2.05) is 0 Å². The zero-order chi connectivity index (χ0) is 35.7.